The van der Waals surface area contributed by atoms with E-state index in [0.717, 1.165) is 29.9 Å². The maximum absolute atomic E-state index is 12.1. The lowest BCUT2D eigenvalue weighted by Crippen LogP contribution is -2.46. The van der Waals surface area contributed by atoms with Crippen LogP contribution in [0.25, 0.3) is 0 Å². The van der Waals surface area contributed by atoms with Gasteiger partial charge in [-0.15, -0.1) is 0 Å². The van der Waals surface area contributed by atoms with Gasteiger partial charge in [-0.1, -0.05) is 5.16 Å². The molecule has 0 bridgehead atoms. The molecule has 1 aromatic rings. The highest BCUT2D eigenvalue weighted by atomic mass is 16.5. The summed E-state index contributed by atoms with van der Waals surface area (Å²) in [5, 5.41) is 6.94. The molecule has 1 aliphatic heterocycles. The molecular formula is C14H22N2O3. The van der Waals surface area contributed by atoms with Crippen LogP contribution in [0.4, 0.5) is 0 Å². The molecule has 1 atom stereocenters. The first-order valence-corrected chi connectivity index (χ1v) is 6.72. The molecule has 2 rings (SSSR count). The maximum atomic E-state index is 12.1. The van der Waals surface area contributed by atoms with E-state index in [4.69, 9.17) is 9.26 Å². The van der Waals surface area contributed by atoms with Crippen LogP contribution >= 0.6 is 0 Å². The Hall–Kier alpha value is -1.36. The molecule has 0 aromatic carbocycles. The molecule has 1 saturated heterocycles. The minimum absolute atomic E-state index is 0.0251. The van der Waals surface area contributed by atoms with Crippen LogP contribution in [0.5, 0.6) is 0 Å². The predicted molar refractivity (Wildman–Crippen MR) is 70.9 cm³/mol. The summed E-state index contributed by atoms with van der Waals surface area (Å²) in [7, 11) is 0. The van der Waals surface area contributed by atoms with Crippen LogP contribution in [-0.4, -0.2) is 29.3 Å². The smallest absolute Gasteiger partial charge is 0.224 e. The fourth-order valence-electron chi connectivity index (χ4n) is 2.55. The van der Waals surface area contributed by atoms with Crippen molar-refractivity contribution in [1.29, 1.82) is 0 Å². The predicted octanol–water partition coefficient (Wildman–Crippen LogP) is 1.91. The first-order valence-electron chi connectivity index (χ1n) is 6.72. The Balaban J connectivity index is 1.91. The van der Waals surface area contributed by atoms with Crippen LogP contribution in [0, 0.1) is 13.8 Å². The van der Waals surface area contributed by atoms with E-state index < -0.39 is 0 Å². The molecule has 0 saturated carbocycles. The van der Waals surface area contributed by atoms with Gasteiger partial charge in [-0.3, -0.25) is 4.79 Å². The van der Waals surface area contributed by atoms with E-state index in [1.807, 2.05) is 13.8 Å². The number of hydrogen-bond acceptors (Lipinski definition) is 4. The number of carbonyl (C=O) groups is 1. The summed E-state index contributed by atoms with van der Waals surface area (Å²) >= 11 is 0. The second kappa shape index (κ2) is 5.33. The fraction of sp³-hybridized carbons (Fsp3) is 0.714. The lowest BCUT2D eigenvalue weighted by molar-refractivity contribution is -0.123. The van der Waals surface area contributed by atoms with Crippen molar-refractivity contribution in [3.8, 4) is 0 Å². The minimum atomic E-state index is -0.154. The van der Waals surface area contributed by atoms with E-state index >= 15 is 0 Å². The third-order valence-corrected chi connectivity index (χ3v) is 3.58. The van der Waals surface area contributed by atoms with Gasteiger partial charge >= 0.3 is 0 Å². The molecule has 1 amide bonds. The molecule has 1 unspecified atom stereocenters. The normalized spacial score (nSPS) is 22.2. The average Bonchev–Trinajstić information content (AvgIpc) is 2.59. The molecule has 1 fully saturated rings. The molecule has 2 heterocycles. The minimum Gasteiger partial charge on any atom is -0.375 e. The van der Waals surface area contributed by atoms with Crippen molar-refractivity contribution < 1.29 is 14.1 Å². The Morgan fingerprint density at radius 1 is 1.47 bits per heavy atom. The number of rotatable bonds is 3. The van der Waals surface area contributed by atoms with Gasteiger partial charge < -0.3 is 14.6 Å². The van der Waals surface area contributed by atoms with E-state index in [-0.39, 0.29) is 17.6 Å². The van der Waals surface area contributed by atoms with Gasteiger partial charge in [0.15, 0.2) is 0 Å². The SMILES string of the molecule is Cc1noc(C)c1CC(=O)NC1CCOC(C)(C)C1. The Morgan fingerprint density at radius 2 is 2.21 bits per heavy atom. The summed E-state index contributed by atoms with van der Waals surface area (Å²) < 4.78 is 10.7. The molecule has 1 N–H and O–H groups in total. The van der Waals surface area contributed by atoms with E-state index in [9.17, 15) is 4.79 Å². The molecular weight excluding hydrogens is 244 g/mol. The van der Waals surface area contributed by atoms with E-state index in [1.54, 1.807) is 0 Å². The summed E-state index contributed by atoms with van der Waals surface area (Å²) in [5.41, 5.74) is 1.53. The van der Waals surface area contributed by atoms with E-state index in [0.29, 0.717) is 13.0 Å². The van der Waals surface area contributed by atoms with Gasteiger partial charge in [-0.25, -0.2) is 0 Å². The number of aromatic nitrogens is 1. The molecule has 106 valence electrons. The zero-order valence-corrected chi connectivity index (χ0v) is 12.1. The Labute approximate surface area is 113 Å². The highest BCUT2D eigenvalue weighted by Crippen LogP contribution is 2.24. The first kappa shape index (κ1) is 14.1. The highest BCUT2D eigenvalue weighted by Gasteiger charge is 2.29. The molecule has 5 heteroatoms. The third-order valence-electron chi connectivity index (χ3n) is 3.58. The van der Waals surface area contributed by atoms with Crippen molar-refractivity contribution in [2.45, 2.75) is 58.6 Å². The molecule has 19 heavy (non-hydrogen) atoms. The Kier molecular flexibility index (Phi) is 3.94. The topological polar surface area (TPSA) is 64.4 Å². The van der Waals surface area contributed by atoms with Crippen molar-refractivity contribution in [1.82, 2.24) is 10.5 Å². The summed E-state index contributed by atoms with van der Waals surface area (Å²) in [6, 6.07) is 0.191. The lowest BCUT2D eigenvalue weighted by Gasteiger charge is -2.35. The van der Waals surface area contributed by atoms with Crippen molar-refractivity contribution in [3.05, 3.63) is 17.0 Å². The van der Waals surface area contributed by atoms with Crippen LogP contribution in [0.1, 0.15) is 43.7 Å². The quantitative estimate of drug-likeness (QED) is 0.907. The van der Waals surface area contributed by atoms with Crippen LogP contribution in [0.3, 0.4) is 0 Å². The number of nitrogens with one attached hydrogen (secondary N) is 1. The van der Waals surface area contributed by atoms with Crippen LogP contribution in [-0.2, 0) is 16.0 Å². The number of amides is 1. The summed E-state index contributed by atoms with van der Waals surface area (Å²) in [6.45, 7) is 8.50. The van der Waals surface area contributed by atoms with E-state index in [2.05, 4.69) is 24.3 Å². The molecule has 1 aromatic heterocycles. The summed E-state index contributed by atoms with van der Waals surface area (Å²) in [4.78, 5) is 12.1. The van der Waals surface area contributed by atoms with Gasteiger partial charge in [0, 0.05) is 18.2 Å². The number of nitrogens with zero attached hydrogens (tertiary/aromatic N) is 1. The van der Waals surface area contributed by atoms with E-state index in [1.165, 1.54) is 0 Å². The monoisotopic (exact) mass is 266 g/mol. The number of ether oxygens (including phenoxy) is 1. The number of aryl methyl sites for hydroxylation is 2. The van der Waals surface area contributed by atoms with Crippen LogP contribution < -0.4 is 5.32 Å². The molecule has 0 spiro atoms. The Bertz CT molecular complexity index is 446. The van der Waals surface area contributed by atoms with Crippen molar-refractivity contribution in [2.75, 3.05) is 6.61 Å². The standard InChI is InChI=1S/C14H22N2O3/c1-9-12(10(2)19-16-9)7-13(17)15-11-5-6-18-14(3,4)8-11/h11H,5-8H2,1-4H3,(H,15,17). The lowest BCUT2D eigenvalue weighted by atomic mass is 9.94. The van der Waals surface area contributed by atoms with Gasteiger partial charge in [-0.05, 0) is 40.5 Å². The van der Waals surface area contributed by atoms with Gasteiger partial charge in [0.05, 0.1) is 17.7 Å². The zero-order valence-electron chi connectivity index (χ0n) is 12.1. The first-order chi connectivity index (χ1) is 8.87. The largest absolute Gasteiger partial charge is 0.375 e. The average molecular weight is 266 g/mol. The van der Waals surface area contributed by atoms with Crippen molar-refractivity contribution in [3.63, 3.8) is 0 Å². The van der Waals surface area contributed by atoms with Crippen LogP contribution in [0.2, 0.25) is 0 Å². The maximum Gasteiger partial charge on any atom is 0.224 e. The van der Waals surface area contributed by atoms with Gasteiger partial charge in [0.1, 0.15) is 5.76 Å². The van der Waals surface area contributed by atoms with Crippen molar-refractivity contribution >= 4 is 5.91 Å². The van der Waals surface area contributed by atoms with Crippen LogP contribution in [0.15, 0.2) is 4.52 Å². The van der Waals surface area contributed by atoms with Gasteiger partial charge in [-0.2, -0.15) is 0 Å². The molecule has 5 nitrogen and oxygen atoms in total. The third kappa shape index (κ3) is 3.56. The number of hydrogen-bond donors (Lipinski definition) is 1. The second-order valence-electron chi connectivity index (χ2n) is 5.84. The molecule has 1 aliphatic rings. The molecule has 0 aliphatic carbocycles. The second-order valence-corrected chi connectivity index (χ2v) is 5.84. The van der Waals surface area contributed by atoms with Crippen molar-refractivity contribution in [2.24, 2.45) is 0 Å². The molecule has 0 radical (unpaired) electrons. The van der Waals surface area contributed by atoms with Gasteiger partial charge in [0.2, 0.25) is 5.91 Å². The summed E-state index contributed by atoms with van der Waals surface area (Å²) in [5.74, 6) is 0.747. The van der Waals surface area contributed by atoms with Gasteiger partial charge in [0.25, 0.3) is 0 Å². The number of carbonyl (C=O) groups excluding carboxylic acids is 1. The Morgan fingerprint density at radius 3 is 2.79 bits per heavy atom. The summed E-state index contributed by atoms with van der Waals surface area (Å²) in [6.07, 6.45) is 2.05. The fourth-order valence-corrected chi connectivity index (χ4v) is 2.55. The zero-order chi connectivity index (χ0) is 14.0. The highest BCUT2D eigenvalue weighted by molar-refractivity contribution is 5.79.